The zero-order valence-electron chi connectivity index (χ0n) is 14.2. The molecule has 0 atom stereocenters. The van der Waals surface area contributed by atoms with Gasteiger partial charge in [0.1, 0.15) is 11.3 Å². The van der Waals surface area contributed by atoms with E-state index in [0.29, 0.717) is 22.5 Å². The zero-order chi connectivity index (χ0) is 18.1. The van der Waals surface area contributed by atoms with Crippen LogP contribution in [0.25, 0.3) is 21.7 Å². The molecule has 4 nitrogen and oxygen atoms in total. The van der Waals surface area contributed by atoms with Crippen molar-refractivity contribution < 1.29 is 13.9 Å². The first-order valence-electron chi connectivity index (χ1n) is 8.27. The predicted octanol–water partition coefficient (Wildman–Crippen LogP) is 4.38. The molecule has 0 radical (unpaired) electrons. The van der Waals surface area contributed by atoms with E-state index in [0.717, 1.165) is 16.2 Å². The van der Waals surface area contributed by atoms with Crippen LogP contribution in [0.15, 0.2) is 75.9 Å². The molecule has 0 unspecified atom stereocenters. The normalized spacial score (nSPS) is 11.0. The molecule has 4 rings (SSSR count). The first-order chi connectivity index (χ1) is 12.6. The van der Waals surface area contributed by atoms with E-state index in [2.05, 4.69) is 0 Å². The van der Waals surface area contributed by atoms with Crippen molar-refractivity contribution in [1.29, 1.82) is 0 Å². The Morgan fingerprint density at radius 1 is 0.923 bits per heavy atom. The molecule has 1 heterocycles. The fourth-order valence-electron chi connectivity index (χ4n) is 3.03. The van der Waals surface area contributed by atoms with Gasteiger partial charge in [-0.1, -0.05) is 24.3 Å². The summed E-state index contributed by atoms with van der Waals surface area (Å²) in [5, 5.41) is 2.87. The number of methoxy groups -OCH3 is 1. The van der Waals surface area contributed by atoms with Gasteiger partial charge in [0.05, 0.1) is 7.11 Å². The molecule has 0 aliphatic carbocycles. The van der Waals surface area contributed by atoms with E-state index in [1.807, 2.05) is 36.4 Å². The topological polar surface area (TPSA) is 56.5 Å². The van der Waals surface area contributed by atoms with Gasteiger partial charge >= 0.3 is 5.63 Å². The number of carbonyl (C=O) groups excluding carboxylic acids is 1. The number of benzene rings is 3. The molecule has 0 saturated heterocycles. The van der Waals surface area contributed by atoms with Gasteiger partial charge in [0, 0.05) is 22.9 Å². The summed E-state index contributed by atoms with van der Waals surface area (Å²) in [6.07, 6.45) is -0.00255. The van der Waals surface area contributed by atoms with E-state index in [9.17, 15) is 9.59 Å². The Labute approximate surface area is 149 Å². The van der Waals surface area contributed by atoms with Gasteiger partial charge in [-0.2, -0.15) is 0 Å². The summed E-state index contributed by atoms with van der Waals surface area (Å²) in [7, 11) is 1.57. The predicted molar refractivity (Wildman–Crippen MR) is 101 cm³/mol. The molecule has 0 fully saturated rings. The Morgan fingerprint density at radius 3 is 2.31 bits per heavy atom. The van der Waals surface area contributed by atoms with Crippen LogP contribution in [0.1, 0.15) is 15.9 Å². The molecule has 1 aromatic heterocycles. The molecular weight excluding hydrogens is 328 g/mol. The Bertz CT molecular complexity index is 1170. The second-order valence-corrected chi connectivity index (χ2v) is 6.12. The number of ketones is 1. The fraction of sp³-hybridized carbons (Fsp3) is 0.0909. The Hall–Kier alpha value is -3.40. The van der Waals surface area contributed by atoms with E-state index < -0.39 is 5.63 Å². The Morgan fingerprint density at radius 2 is 1.62 bits per heavy atom. The van der Waals surface area contributed by atoms with Crippen LogP contribution < -0.4 is 10.4 Å². The lowest BCUT2D eigenvalue weighted by molar-refractivity contribution is 0.0992. The van der Waals surface area contributed by atoms with Crippen molar-refractivity contribution in [1.82, 2.24) is 0 Å². The van der Waals surface area contributed by atoms with Gasteiger partial charge in [0.2, 0.25) is 0 Å². The highest BCUT2D eigenvalue weighted by molar-refractivity contribution is 5.99. The molecule has 26 heavy (non-hydrogen) atoms. The second-order valence-electron chi connectivity index (χ2n) is 6.12. The molecule has 0 aliphatic heterocycles. The summed E-state index contributed by atoms with van der Waals surface area (Å²) in [5.41, 5.74) is 0.932. The standard InChI is InChI=1S/C22H16O4/c1-25-19-8-6-14(7-9-19)20(23)12-18-11-17-10-15-4-2-3-5-16(15)13-21(17)26-22(18)24/h2-11,13H,12H2,1H3. The van der Waals surface area contributed by atoms with Crippen molar-refractivity contribution >= 4 is 27.5 Å². The van der Waals surface area contributed by atoms with Crippen molar-refractivity contribution in [2.45, 2.75) is 6.42 Å². The zero-order valence-corrected chi connectivity index (χ0v) is 14.2. The van der Waals surface area contributed by atoms with Crippen LogP contribution in [0, 0.1) is 0 Å². The number of hydrogen-bond donors (Lipinski definition) is 0. The maximum Gasteiger partial charge on any atom is 0.339 e. The van der Waals surface area contributed by atoms with Crippen LogP contribution in [0.2, 0.25) is 0 Å². The van der Waals surface area contributed by atoms with Gasteiger partial charge in [0.15, 0.2) is 5.78 Å². The number of ether oxygens (including phenoxy) is 1. The summed E-state index contributed by atoms with van der Waals surface area (Å²) in [5.74, 6) is 0.540. The van der Waals surface area contributed by atoms with Crippen molar-refractivity contribution in [2.75, 3.05) is 7.11 Å². The van der Waals surface area contributed by atoms with E-state index in [1.54, 1.807) is 37.4 Å². The highest BCUT2D eigenvalue weighted by atomic mass is 16.5. The third-order valence-electron chi connectivity index (χ3n) is 4.44. The molecule has 0 spiro atoms. The molecule has 4 heteroatoms. The number of Topliss-reactive ketones (excluding diaryl/α,β-unsaturated/α-hetero) is 1. The lowest BCUT2D eigenvalue weighted by Crippen LogP contribution is -2.13. The molecule has 0 saturated carbocycles. The number of rotatable bonds is 4. The monoisotopic (exact) mass is 344 g/mol. The molecule has 128 valence electrons. The average molecular weight is 344 g/mol. The van der Waals surface area contributed by atoms with E-state index in [-0.39, 0.29) is 12.2 Å². The molecular formula is C22H16O4. The van der Waals surface area contributed by atoms with Crippen molar-refractivity contribution in [2.24, 2.45) is 0 Å². The minimum atomic E-state index is -0.477. The quantitative estimate of drug-likeness (QED) is 0.313. The SMILES string of the molecule is COc1ccc(C(=O)Cc2cc3cc4ccccc4cc3oc2=O)cc1. The third kappa shape index (κ3) is 2.97. The molecule has 0 aliphatic rings. The molecule has 3 aromatic carbocycles. The molecule has 0 bridgehead atoms. The van der Waals surface area contributed by atoms with Crippen LogP contribution in [0.5, 0.6) is 5.75 Å². The summed E-state index contributed by atoms with van der Waals surface area (Å²) in [6, 6.07) is 20.3. The maximum absolute atomic E-state index is 12.5. The van der Waals surface area contributed by atoms with Gasteiger partial charge in [-0.15, -0.1) is 0 Å². The first kappa shape index (κ1) is 16.1. The molecule has 4 aromatic rings. The van der Waals surface area contributed by atoms with Gasteiger partial charge in [-0.25, -0.2) is 4.79 Å². The minimum absolute atomic E-state index is 0.00255. The van der Waals surface area contributed by atoms with Crippen molar-refractivity contribution in [3.8, 4) is 5.75 Å². The summed E-state index contributed by atoms with van der Waals surface area (Å²) < 4.78 is 10.5. The van der Waals surface area contributed by atoms with Crippen LogP contribution in [0.4, 0.5) is 0 Å². The van der Waals surface area contributed by atoms with Gasteiger partial charge in [-0.3, -0.25) is 4.79 Å². The smallest absolute Gasteiger partial charge is 0.339 e. The molecule has 0 N–H and O–H groups in total. The summed E-state index contributed by atoms with van der Waals surface area (Å²) in [6.45, 7) is 0. The summed E-state index contributed by atoms with van der Waals surface area (Å²) >= 11 is 0. The van der Waals surface area contributed by atoms with E-state index >= 15 is 0 Å². The number of carbonyl (C=O) groups is 1. The van der Waals surface area contributed by atoms with Crippen LogP contribution in [-0.2, 0) is 6.42 Å². The first-order valence-corrected chi connectivity index (χ1v) is 8.27. The number of hydrogen-bond acceptors (Lipinski definition) is 4. The second kappa shape index (κ2) is 6.48. The summed E-state index contributed by atoms with van der Waals surface area (Å²) in [4.78, 5) is 24.8. The highest BCUT2D eigenvalue weighted by Gasteiger charge is 2.13. The lowest BCUT2D eigenvalue weighted by atomic mass is 10.0. The third-order valence-corrected chi connectivity index (χ3v) is 4.44. The van der Waals surface area contributed by atoms with Crippen LogP contribution in [-0.4, -0.2) is 12.9 Å². The van der Waals surface area contributed by atoms with Gasteiger partial charge < -0.3 is 9.15 Å². The van der Waals surface area contributed by atoms with Gasteiger partial charge in [-0.05, 0) is 53.2 Å². The lowest BCUT2D eigenvalue weighted by Gasteiger charge is -2.05. The maximum atomic E-state index is 12.5. The minimum Gasteiger partial charge on any atom is -0.497 e. The Balaban J connectivity index is 1.71. The largest absolute Gasteiger partial charge is 0.497 e. The Kier molecular flexibility index (Phi) is 4.01. The van der Waals surface area contributed by atoms with Gasteiger partial charge in [0.25, 0.3) is 0 Å². The van der Waals surface area contributed by atoms with Crippen molar-refractivity contribution in [3.05, 3.63) is 88.3 Å². The van der Waals surface area contributed by atoms with Crippen LogP contribution >= 0.6 is 0 Å². The van der Waals surface area contributed by atoms with Crippen molar-refractivity contribution in [3.63, 3.8) is 0 Å². The van der Waals surface area contributed by atoms with Crippen LogP contribution in [0.3, 0.4) is 0 Å². The van der Waals surface area contributed by atoms with E-state index in [1.165, 1.54) is 0 Å². The highest BCUT2D eigenvalue weighted by Crippen LogP contribution is 2.23. The molecule has 0 amide bonds. The fourth-order valence-corrected chi connectivity index (χ4v) is 3.03. The average Bonchev–Trinajstić information content (AvgIpc) is 2.67. The van der Waals surface area contributed by atoms with E-state index in [4.69, 9.17) is 9.15 Å². The number of fused-ring (bicyclic) bond motifs is 2.